The fourth-order valence-corrected chi connectivity index (χ4v) is 2.80. The van der Waals surface area contributed by atoms with Crippen molar-refractivity contribution in [2.75, 3.05) is 18.0 Å². The number of cyclic esters (lactones) is 1. The van der Waals surface area contributed by atoms with Gasteiger partial charge in [-0.3, -0.25) is 0 Å². The molecule has 2 aromatic rings. The van der Waals surface area contributed by atoms with Crippen molar-refractivity contribution in [3.05, 3.63) is 77.1 Å². The van der Waals surface area contributed by atoms with E-state index in [-0.39, 0.29) is 5.82 Å². The first-order valence-electron chi connectivity index (χ1n) is 8.37. The number of rotatable bonds is 5. The summed E-state index contributed by atoms with van der Waals surface area (Å²) in [6, 6.07) is 13.9. The fourth-order valence-electron chi connectivity index (χ4n) is 2.80. The molecule has 0 radical (unpaired) electrons. The van der Waals surface area contributed by atoms with Gasteiger partial charge in [-0.2, -0.15) is 0 Å². The van der Waals surface area contributed by atoms with Gasteiger partial charge >= 0.3 is 5.97 Å². The van der Waals surface area contributed by atoms with E-state index in [0.29, 0.717) is 16.9 Å². The summed E-state index contributed by atoms with van der Waals surface area (Å²) < 4.78 is 18.3. The summed E-state index contributed by atoms with van der Waals surface area (Å²) in [6.07, 6.45) is 3.48. The van der Waals surface area contributed by atoms with Gasteiger partial charge in [0.1, 0.15) is 11.6 Å². The smallest absolute Gasteiger partial charge is 0.343 e. The molecule has 0 bridgehead atoms. The molecule has 4 heteroatoms. The molecule has 3 nitrogen and oxygen atoms in total. The van der Waals surface area contributed by atoms with Gasteiger partial charge in [0.15, 0.2) is 0 Å². The fraction of sp³-hybridized carbons (Fsp3) is 0.190. The zero-order chi connectivity index (χ0) is 17.8. The van der Waals surface area contributed by atoms with Crippen LogP contribution in [-0.4, -0.2) is 19.1 Å². The van der Waals surface area contributed by atoms with E-state index in [9.17, 15) is 9.18 Å². The maximum Gasteiger partial charge on any atom is 0.343 e. The predicted molar refractivity (Wildman–Crippen MR) is 98.4 cm³/mol. The number of esters is 1. The first kappa shape index (κ1) is 17.0. The van der Waals surface area contributed by atoms with Crippen LogP contribution in [0, 0.1) is 5.82 Å². The van der Waals surface area contributed by atoms with Crippen LogP contribution >= 0.6 is 0 Å². The molecule has 0 saturated carbocycles. The van der Waals surface area contributed by atoms with Crippen LogP contribution in [0.2, 0.25) is 0 Å². The Hall–Kier alpha value is -2.88. The molecule has 0 N–H and O–H groups in total. The highest BCUT2D eigenvalue weighted by Crippen LogP contribution is 2.28. The molecule has 0 atom stereocenters. The van der Waals surface area contributed by atoms with E-state index >= 15 is 0 Å². The Morgan fingerprint density at radius 3 is 2.24 bits per heavy atom. The van der Waals surface area contributed by atoms with Gasteiger partial charge < -0.3 is 9.64 Å². The Morgan fingerprint density at radius 2 is 1.64 bits per heavy atom. The van der Waals surface area contributed by atoms with E-state index in [1.165, 1.54) is 12.1 Å². The first-order valence-corrected chi connectivity index (χ1v) is 8.37. The number of ether oxygens (including phenoxy) is 1. The minimum Gasteiger partial charge on any atom is -0.422 e. The monoisotopic (exact) mass is 337 g/mol. The van der Waals surface area contributed by atoms with Crippen LogP contribution in [0.1, 0.15) is 25.0 Å². The summed E-state index contributed by atoms with van der Waals surface area (Å²) in [6.45, 7) is 6.14. The zero-order valence-electron chi connectivity index (χ0n) is 14.3. The Balaban J connectivity index is 1.83. The van der Waals surface area contributed by atoms with Crippen LogP contribution in [0.5, 0.6) is 0 Å². The van der Waals surface area contributed by atoms with Gasteiger partial charge in [0.05, 0.1) is 5.57 Å². The number of anilines is 1. The molecule has 0 saturated heterocycles. The maximum atomic E-state index is 13.0. The van der Waals surface area contributed by atoms with Crippen molar-refractivity contribution in [1.82, 2.24) is 0 Å². The van der Waals surface area contributed by atoms with Crippen LogP contribution < -0.4 is 4.90 Å². The Kier molecular flexibility index (Phi) is 4.98. The topological polar surface area (TPSA) is 29.5 Å². The number of carbonyl (C=O) groups is 1. The lowest BCUT2D eigenvalue weighted by Gasteiger charge is -2.20. The second-order valence-electron chi connectivity index (χ2n) is 5.77. The molecule has 0 spiro atoms. The largest absolute Gasteiger partial charge is 0.422 e. The molecule has 2 aromatic carbocycles. The summed E-state index contributed by atoms with van der Waals surface area (Å²) >= 11 is 0. The van der Waals surface area contributed by atoms with Crippen LogP contribution in [-0.2, 0) is 9.53 Å². The number of hydrogen-bond acceptors (Lipinski definition) is 3. The molecule has 0 amide bonds. The van der Waals surface area contributed by atoms with Gasteiger partial charge in [-0.05, 0) is 68.0 Å². The Labute approximate surface area is 147 Å². The number of halogens is 1. The average molecular weight is 337 g/mol. The maximum absolute atomic E-state index is 13.0. The molecular weight excluding hydrogens is 317 g/mol. The second kappa shape index (κ2) is 7.34. The van der Waals surface area contributed by atoms with Crippen LogP contribution in [0.3, 0.4) is 0 Å². The molecule has 0 fully saturated rings. The van der Waals surface area contributed by atoms with E-state index in [4.69, 9.17) is 4.74 Å². The summed E-state index contributed by atoms with van der Waals surface area (Å²) in [5.41, 5.74) is 3.24. The van der Waals surface area contributed by atoms with E-state index in [1.807, 2.05) is 24.3 Å². The Bertz CT molecular complexity index is 816. The summed E-state index contributed by atoms with van der Waals surface area (Å²) in [5, 5.41) is 0. The highest BCUT2D eigenvalue weighted by atomic mass is 19.1. The predicted octanol–water partition coefficient (Wildman–Crippen LogP) is 4.65. The molecule has 0 aliphatic carbocycles. The molecule has 0 aromatic heterocycles. The van der Waals surface area contributed by atoms with E-state index < -0.39 is 5.97 Å². The SMILES string of the molecule is CCN(CC)c1ccc(/C=C2\C=C(c3ccc(F)cc3)OC2=O)cc1. The van der Waals surface area contributed by atoms with Crippen molar-refractivity contribution >= 4 is 23.5 Å². The highest BCUT2D eigenvalue weighted by Gasteiger charge is 2.21. The van der Waals surface area contributed by atoms with Crippen molar-refractivity contribution in [3.63, 3.8) is 0 Å². The zero-order valence-corrected chi connectivity index (χ0v) is 14.3. The molecule has 3 rings (SSSR count). The first-order chi connectivity index (χ1) is 12.1. The minimum atomic E-state index is -0.396. The van der Waals surface area contributed by atoms with Crippen LogP contribution in [0.4, 0.5) is 10.1 Å². The van der Waals surface area contributed by atoms with Gasteiger partial charge in [0.25, 0.3) is 0 Å². The van der Waals surface area contributed by atoms with Crippen LogP contribution in [0.25, 0.3) is 11.8 Å². The second-order valence-corrected chi connectivity index (χ2v) is 5.77. The van der Waals surface area contributed by atoms with Gasteiger partial charge in [0, 0.05) is 24.3 Å². The Morgan fingerprint density at radius 1 is 1.00 bits per heavy atom. The quantitative estimate of drug-likeness (QED) is 0.587. The van der Waals surface area contributed by atoms with Gasteiger partial charge in [-0.25, -0.2) is 9.18 Å². The molecule has 1 aliphatic heterocycles. The van der Waals surface area contributed by atoms with Gasteiger partial charge in [-0.1, -0.05) is 12.1 Å². The highest BCUT2D eigenvalue weighted by molar-refractivity contribution is 6.05. The van der Waals surface area contributed by atoms with Crippen molar-refractivity contribution in [3.8, 4) is 0 Å². The van der Waals surface area contributed by atoms with Gasteiger partial charge in [-0.15, -0.1) is 0 Å². The molecule has 1 aliphatic rings. The van der Waals surface area contributed by atoms with Crippen molar-refractivity contribution in [2.45, 2.75) is 13.8 Å². The lowest BCUT2D eigenvalue weighted by Crippen LogP contribution is -2.21. The lowest BCUT2D eigenvalue weighted by atomic mass is 10.1. The minimum absolute atomic E-state index is 0.322. The third-order valence-corrected chi connectivity index (χ3v) is 4.20. The number of benzene rings is 2. The number of nitrogens with zero attached hydrogens (tertiary/aromatic N) is 1. The van der Waals surface area contributed by atoms with E-state index in [2.05, 4.69) is 18.7 Å². The molecule has 128 valence electrons. The molecular formula is C21H20FNO2. The summed E-state index contributed by atoms with van der Waals surface area (Å²) in [7, 11) is 0. The lowest BCUT2D eigenvalue weighted by molar-refractivity contribution is -0.130. The third kappa shape index (κ3) is 3.79. The standard InChI is InChI=1S/C21H20FNO2/c1-3-23(4-2)19-11-5-15(6-12-19)13-17-14-20(25-21(17)24)16-7-9-18(22)10-8-16/h5-14H,3-4H2,1-2H3/b17-13+. The molecule has 0 unspecified atom stereocenters. The number of hydrogen-bond donors (Lipinski definition) is 0. The van der Waals surface area contributed by atoms with Crippen molar-refractivity contribution in [1.29, 1.82) is 0 Å². The average Bonchev–Trinajstić information content (AvgIpc) is 2.99. The summed E-state index contributed by atoms with van der Waals surface area (Å²) in [5.74, 6) is -0.277. The number of carbonyl (C=O) groups excluding carboxylic acids is 1. The molecule has 1 heterocycles. The normalized spacial score (nSPS) is 15.2. The van der Waals surface area contributed by atoms with Crippen molar-refractivity contribution < 1.29 is 13.9 Å². The van der Waals surface area contributed by atoms with E-state index in [0.717, 1.165) is 24.3 Å². The van der Waals surface area contributed by atoms with E-state index in [1.54, 1.807) is 24.3 Å². The van der Waals surface area contributed by atoms with Gasteiger partial charge in [0.2, 0.25) is 0 Å². The van der Waals surface area contributed by atoms with Crippen molar-refractivity contribution in [2.24, 2.45) is 0 Å². The summed E-state index contributed by atoms with van der Waals surface area (Å²) in [4.78, 5) is 14.3. The third-order valence-electron chi connectivity index (χ3n) is 4.20. The van der Waals surface area contributed by atoms with Crippen LogP contribution in [0.15, 0.2) is 60.2 Å². The molecule has 25 heavy (non-hydrogen) atoms.